The van der Waals surface area contributed by atoms with Crippen LogP contribution in [0.5, 0.6) is 0 Å². The van der Waals surface area contributed by atoms with Crippen molar-refractivity contribution in [2.75, 3.05) is 30.5 Å². The number of anilines is 2. The van der Waals surface area contributed by atoms with E-state index in [9.17, 15) is 13.2 Å². The van der Waals surface area contributed by atoms with Gasteiger partial charge in [0.15, 0.2) is 9.84 Å². The van der Waals surface area contributed by atoms with Gasteiger partial charge in [0, 0.05) is 13.3 Å². The molecule has 0 aromatic heterocycles. The predicted molar refractivity (Wildman–Crippen MR) is 64.9 cm³/mol. The van der Waals surface area contributed by atoms with Crippen LogP contribution in [0.25, 0.3) is 0 Å². The molecule has 0 amide bonds. The molecule has 0 aliphatic carbocycles. The van der Waals surface area contributed by atoms with E-state index in [-0.39, 0.29) is 17.1 Å². The van der Waals surface area contributed by atoms with Gasteiger partial charge >= 0.3 is 5.97 Å². The summed E-state index contributed by atoms with van der Waals surface area (Å²) in [6.45, 7) is -0.253. The third kappa shape index (κ3) is 3.10. The number of nitrogens with zero attached hydrogens (tertiary/aromatic N) is 1. The Morgan fingerprint density at radius 2 is 2.06 bits per heavy atom. The van der Waals surface area contributed by atoms with Crippen molar-refractivity contribution >= 4 is 27.2 Å². The fourth-order valence-electron chi connectivity index (χ4n) is 1.48. The molecule has 0 saturated carbocycles. The molecule has 0 aliphatic rings. The van der Waals surface area contributed by atoms with Crippen molar-refractivity contribution in [3.8, 4) is 0 Å². The molecule has 0 saturated heterocycles. The molecular formula is C10H14N2O4S. The van der Waals surface area contributed by atoms with Crippen LogP contribution >= 0.6 is 0 Å². The Kier molecular flexibility index (Phi) is 3.62. The molecule has 0 radical (unpaired) electrons. The molecule has 0 bridgehead atoms. The first-order valence-corrected chi connectivity index (χ1v) is 6.64. The maximum Gasteiger partial charge on any atom is 0.323 e. The van der Waals surface area contributed by atoms with Gasteiger partial charge in [-0.05, 0) is 12.1 Å². The first-order valence-electron chi connectivity index (χ1n) is 4.75. The summed E-state index contributed by atoms with van der Waals surface area (Å²) in [5, 5.41) is 8.66. The minimum Gasteiger partial charge on any atom is -0.480 e. The van der Waals surface area contributed by atoms with Crippen molar-refractivity contribution in [3.63, 3.8) is 0 Å². The van der Waals surface area contributed by atoms with E-state index >= 15 is 0 Å². The van der Waals surface area contributed by atoms with Gasteiger partial charge in [0.2, 0.25) is 0 Å². The van der Waals surface area contributed by atoms with E-state index < -0.39 is 15.8 Å². The second-order valence-electron chi connectivity index (χ2n) is 3.71. The summed E-state index contributed by atoms with van der Waals surface area (Å²) in [5.74, 6) is -1.02. The van der Waals surface area contributed by atoms with Crippen LogP contribution in [0.1, 0.15) is 0 Å². The van der Waals surface area contributed by atoms with Crippen molar-refractivity contribution in [1.82, 2.24) is 0 Å². The SMILES string of the molecule is CN(CC(=O)O)c1cccc(S(C)(=O)=O)c1N. The molecule has 1 rings (SSSR count). The van der Waals surface area contributed by atoms with Crippen molar-refractivity contribution in [1.29, 1.82) is 0 Å². The van der Waals surface area contributed by atoms with Gasteiger partial charge in [-0.3, -0.25) is 4.79 Å². The van der Waals surface area contributed by atoms with E-state index in [1.165, 1.54) is 24.1 Å². The molecule has 17 heavy (non-hydrogen) atoms. The summed E-state index contributed by atoms with van der Waals surface area (Å²) < 4.78 is 22.9. The van der Waals surface area contributed by atoms with Crippen LogP contribution in [0.2, 0.25) is 0 Å². The quantitative estimate of drug-likeness (QED) is 0.748. The molecule has 3 N–H and O–H groups in total. The number of sulfone groups is 1. The Morgan fingerprint density at radius 1 is 1.47 bits per heavy atom. The van der Waals surface area contributed by atoms with Crippen molar-refractivity contribution in [2.24, 2.45) is 0 Å². The number of likely N-dealkylation sites (N-methyl/N-ethyl adjacent to an activating group) is 1. The lowest BCUT2D eigenvalue weighted by atomic mass is 10.2. The molecule has 94 valence electrons. The van der Waals surface area contributed by atoms with E-state index in [4.69, 9.17) is 10.8 Å². The summed E-state index contributed by atoms with van der Waals surface area (Å²) >= 11 is 0. The number of hydrogen-bond acceptors (Lipinski definition) is 5. The maximum absolute atomic E-state index is 11.4. The molecule has 6 nitrogen and oxygen atoms in total. The highest BCUT2D eigenvalue weighted by Gasteiger charge is 2.16. The van der Waals surface area contributed by atoms with Crippen molar-refractivity contribution in [2.45, 2.75) is 4.90 Å². The average Bonchev–Trinajstić information content (AvgIpc) is 2.14. The minimum absolute atomic E-state index is 0.00670. The van der Waals surface area contributed by atoms with Crippen molar-refractivity contribution in [3.05, 3.63) is 18.2 Å². The number of carboxylic acid groups (broad SMARTS) is 1. The van der Waals surface area contributed by atoms with Crippen LogP contribution in [0, 0.1) is 0 Å². The Bertz CT molecular complexity index is 539. The highest BCUT2D eigenvalue weighted by atomic mass is 32.2. The molecule has 0 unspecified atom stereocenters. The van der Waals surface area contributed by atoms with Gasteiger partial charge in [-0.2, -0.15) is 0 Å². The number of para-hydroxylation sites is 1. The summed E-state index contributed by atoms with van der Waals surface area (Å²) in [5.41, 5.74) is 6.19. The van der Waals surface area contributed by atoms with E-state index in [1.54, 1.807) is 6.07 Å². The molecule has 1 aromatic carbocycles. The summed E-state index contributed by atoms with van der Waals surface area (Å²) in [4.78, 5) is 12.0. The lowest BCUT2D eigenvalue weighted by Gasteiger charge is -2.20. The average molecular weight is 258 g/mol. The van der Waals surface area contributed by atoms with Crippen LogP contribution < -0.4 is 10.6 Å². The van der Waals surface area contributed by atoms with E-state index in [0.717, 1.165) is 6.26 Å². The first-order chi connectivity index (χ1) is 7.73. The van der Waals surface area contributed by atoms with Gasteiger partial charge in [-0.1, -0.05) is 6.07 Å². The van der Waals surface area contributed by atoms with E-state index in [1.807, 2.05) is 0 Å². The van der Waals surface area contributed by atoms with E-state index in [0.29, 0.717) is 5.69 Å². The number of rotatable bonds is 4. The summed E-state index contributed by atoms with van der Waals surface area (Å²) in [6, 6.07) is 4.50. The third-order valence-corrected chi connectivity index (χ3v) is 3.38. The van der Waals surface area contributed by atoms with Crippen LogP contribution in [-0.2, 0) is 14.6 Å². The molecule has 0 heterocycles. The predicted octanol–water partition coefficient (Wildman–Crippen LogP) is 0.193. The zero-order valence-corrected chi connectivity index (χ0v) is 10.4. The second kappa shape index (κ2) is 4.62. The van der Waals surface area contributed by atoms with Crippen molar-refractivity contribution < 1.29 is 18.3 Å². The monoisotopic (exact) mass is 258 g/mol. The lowest BCUT2D eigenvalue weighted by Crippen LogP contribution is -2.26. The summed E-state index contributed by atoms with van der Waals surface area (Å²) in [7, 11) is -1.88. The molecule has 0 spiro atoms. The standard InChI is InChI=1S/C10H14N2O4S/c1-12(6-9(13)14)7-4-3-5-8(10(7)11)17(2,15)16/h3-5H,6,11H2,1-2H3,(H,13,14). The van der Waals surface area contributed by atoms with Crippen LogP contribution in [0.3, 0.4) is 0 Å². The highest BCUT2D eigenvalue weighted by Crippen LogP contribution is 2.28. The Hall–Kier alpha value is -1.76. The Balaban J connectivity index is 3.24. The highest BCUT2D eigenvalue weighted by molar-refractivity contribution is 7.90. The topological polar surface area (TPSA) is 101 Å². The second-order valence-corrected chi connectivity index (χ2v) is 5.70. The normalized spacial score (nSPS) is 11.2. The summed E-state index contributed by atoms with van der Waals surface area (Å²) in [6.07, 6.45) is 1.06. The maximum atomic E-state index is 11.4. The van der Waals surface area contributed by atoms with E-state index in [2.05, 4.69) is 0 Å². The number of hydrogen-bond donors (Lipinski definition) is 2. The minimum atomic E-state index is -3.42. The zero-order valence-electron chi connectivity index (χ0n) is 9.54. The first kappa shape index (κ1) is 13.3. The molecule has 0 atom stereocenters. The molecule has 7 heteroatoms. The lowest BCUT2D eigenvalue weighted by molar-refractivity contribution is -0.135. The molecular weight excluding hydrogens is 244 g/mol. The fraction of sp³-hybridized carbons (Fsp3) is 0.300. The van der Waals surface area contributed by atoms with Crippen LogP contribution in [0.15, 0.2) is 23.1 Å². The van der Waals surface area contributed by atoms with Gasteiger partial charge < -0.3 is 15.7 Å². The number of nitrogens with two attached hydrogens (primary N) is 1. The van der Waals surface area contributed by atoms with Crippen LogP contribution in [0.4, 0.5) is 11.4 Å². The molecule has 0 fully saturated rings. The number of carbonyl (C=O) groups is 1. The number of benzene rings is 1. The van der Waals surface area contributed by atoms with Gasteiger partial charge in [0.25, 0.3) is 0 Å². The number of aliphatic carboxylic acids is 1. The Labute approximate surface area is 99.6 Å². The van der Waals surface area contributed by atoms with Gasteiger partial charge in [0.1, 0.15) is 6.54 Å². The number of nitrogen functional groups attached to an aromatic ring is 1. The zero-order chi connectivity index (χ0) is 13.2. The molecule has 1 aromatic rings. The van der Waals surface area contributed by atoms with Gasteiger partial charge in [0.05, 0.1) is 16.3 Å². The third-order valence-electron chi connectivity index (χ3n) is 2.23. The largest absolute Gasteiger partial charge is 0.480 e. The van der Waals surface area contributed by atoms with Crippen LogP contribution in [-0.4, -0.2) is 39.3 Å². The molecule has 0 aliphatic heterocycles. The van der Waals surface area contributed by atoms with Gasteiger partial charge in [-0.15, -0.1) is 0 Å². The fourth-order valence-corrected chi connectivity index (χ4v) is 2.31. The number of carboxylic acids is 1. The van der Waals surface area contributed by atoms with Gasteiger partial charge in [-0.25, -0.2) is 8.42 Å². The Morgan fingerprint density at radius 3 is 2.53 bits per heavy atom. The smallest absolute Gasteiger partial charge is 0.323 e.